The molecule has 0 unspecified atom stereocenters. The smallest absolute Gasteiger partial charge is 0.258 e. The Bertz CT molecular complexity index is 611. The molecule has 0 saturated carbocycles. The maximum atomic E-state index is 12.1. The first-order chi connectivity index (χ1) is 9.49. The molecule has 0 saturated heterocycles. The summed E-state index contributed by atoms with van der Waals surface area (Å²) in [6.45, 7) is 3.99. The van der Waals surface area contributed by atoms with Crippen LogP contribution in [0.4, 0.5) is 5.69 Å². The van der Waals surface area contributed by atoms with E-state index in [1.807, 2.05) is 13.8 Å². The van der Waals surface area contributed by atoms with Gasteiger partial charge in [-0.1, -0.05) is 25.4 Å². The molecule has 104 valence electrons. The fourth-order valence-corrected chi connectivity index (χ4v) is 2.38. The van der Waals surface area contributed by atoms with Gasteiger partial charge in [-0.25, -0.2) is 15.0 Å². The summed E-state index contributed by atoms with van der Waals surface area (Å²) in [4.78, 5) is 24.4. The Morgan fingerprint density at radius 3 is 2.50 bits per heavy atom. The molecule has 0 fully saturated rings. The molecular formula is C13H12ClIN4O. The highest BCUT2D eigenvalue weighted by molar-refractivity contribution is 14.1. The second kappa shape index (κ2) is 6.45. The molecule has 2 rings (SSSR count). The van der Waals surface area contributed by atoms with Crippen LogP contribution in [0.3, 0.4) is 0 Å². The van der Waals surface area contributed by atoms with Crippen molar-refractivity contribution in [1.82, 2.24) is 15.0 Å². The number of aromatic nitrogens is 3. The van der Waals surface area contributed by atoms with Crippen LogP contribution in [0.5, 0.6) is 0 Å². The minimum Gasteiger partial charge on any atom is -0.318 e. The third-order valence-electron chi connectivity index (χ3n) is 2.54. The van der Waals surface area contributed by atoms with Crippen molar-refractivity contribution in [2.75, 3.05) is 5.32 Å². The molecule has 0 aliphatic rings. The number of amides is 1. The van der Waals surface area contributed by atoms with Crippen LogP contribution in [0.15, 0.2) is 24.7 Å². The lowest BCUT2D eigenvalue weighted by Crippen LogP contribution is -2.15. The molecule has 0 bridgehead atoms. The van der Waals surface area contributed by atoms with E-state index in [0.29, 0.717) is 17.1 Å². The summed E-state index contributed by atoms with van der Waals surface area (Å²) in [6.07, 6.45) is 4.60. The first-order valence-corrected chi connectivity index (χ1v) is 7.38. The maximum Gasteiger partial charge on any atom is 0.258 e. The van der Waals surface area contributed by atoms with E-state index < -0.39 is 0 Å². The average molecular weight is 403 g/mol. The zero-order valence-corrected chi connectivity index (χ0v) is 13.8. The fraction of sp³-hybridized carbons (Fsp3) is 0.231. The quantitative estimate of drug-likeness (QED) is 0.630. The van der Waals surface area contributed by atoms with Crippen LogP contribution in [-0.4, -0.2) is 20.9 Å². The number of halogens is 2. The Balaban J connectivity index is 2.20. The highest BCUT2D eigenvalue weighted by Crippen LogP contribution is 2.25. The van der Waals surface area contributed by atoms with Gasteiger partial charge in [-0.15, -0.1) is 0 Å². The Morgan fingerprint density at radius 2 is 1.95 bits per heavy atom. The molecule has 1 N–H and O–H groups in total. The first-order valence-electron chi connectivity index (χ1n) is 5.92. The lowest BCUT2D eigenvalue weighted by Gasteiger charge is -2.09. The van der Waals surface area contributed by atoms with Gasteiger partial charge >= 0.3 is 0 Å². The van der Waals surface area contributed by atoms with Gasteiger partial charge in [-0.3, -0.25) is 4.79 Å². The van der Waals surface area contributed by atoms with E-state index in [1.54, 1.807) is 12.3 Å². The van der Waals surface area contributed by atoms with E-state index in [2.05, 4.69) is 42.9 Å². The van der Waals surface area contributed by atoms with Gasteiger partial charge in [-0.2, -0.15) is 0 Å². The van der Waals surface area contributed by atoms with Gasteiger partial charge in [0.05, 0.1) is 11.3 Å². The largest absolute Gasteiger partial charge is 0.318 e. The monoisotopic (exact) mass is 402 g/mol. The van der Waals surface area contributed by atoms with E-state index in [9.17, 15) is 4.79 Å². The lowest BCUT2D eigenvalue weighted by atomic mass is 10.2. The Kier molecular flexibility index (Phi) is 4.87. The molecule has 0 aliphatic carbocycles. The van der Waals surface area contributed by atoms with Crippen molar-refractivity contribution in [1.29, 1.82) is 0 Å². The highest BCUT2D eigenvalue weighted by Gasteiger charge is 2.13. The number of carbonyl (C=O) groups excluding carboxylic acids is 1. The maximum absolute atomic E-state index is 12.1. The van der Waals surface area contributed by atoms with E-state index >= 15 is 0 Å². The lowest BCUT2D eigenvalue weighted by molar-refractivity contribution is 0.102. The van der Waals surface area contributed by atoms with Crippen molar-refractivity contribution in [2.24, 2.45) is 0 Å². The van der Waals surface area contributed by atoms with Crippen molar-refractivity contribution < 1.29 is 4.79 Å². The van der Waals surface area contributed by atoms with Crippen LogP contribution in [0.25, 0.3) is 0 Å². The van der Waals surface area contributed by atoms with Gasteiger partial charge in [0, 0.05) is 28.1 Å². The number of rotatable bonds is 3. The highest BCUT2D eigenvalue weighted by atomic mass is 127. The van der Waals surface area contributed by atoms with Crippen molar-refractivity contribution in [3.63, 3.8) is 0 Å². The minimum atomic E-state index is -0.312. The second-order valence-corrected chi connectivity index (χ2v) is 5.92. The molecule has 2 aromatic heterocycles. The van der Waals surface area contributed by atoms with Crippen LogP contribution in [0.1, 0.15) is 35.9 Å². The van der Waals surface area contributed by atoms with Crippen LogP contribution in [-0.2, 0) is 0 Å². The second-order valence-electron chi connectivity index (χ2n) is 4.40. The van der Waals surface area contributed by atoms with Gasteiger partial charge in [0.15, 0.2) is 5.15 Å². The zero-order valence-electron chi connectivity index (χ0n) is 10.9. The molecule has 1 amide bonds. The molecule has 0 atom stereocenters. The number of nitrogens with one attached hydrogen (secondary N) is 1. The van der Waals surface area contributed by atoms with Crippen molar-refractivity contribution in [2.45, 2.75) is 19.8 Å². The molecule has 20 heavy (non-hydrogen) atoms. The fourth-order valence-electron chi connectivity index (χ4n) is 1.46. The van der Waals surface area contributed by atoms with E-state index in [4.69, 9.17) is 11.6 Å². The topological polar surface area (TPSA) is 67.8 Å². The molecule has 0 aliphatic heterocycles. The zero-order chi connectivity index (χ0) is 14.7. The summed E-state index contributed by atoms with van der Waals surface area (Å²) in [5.74, 6) is 0.615. The van der Waals surface area contributed by atoms with Crippen molar-refractivity contribution in [3.05, 3.63) is 44.8 Å². The number of hydrogen-bond acceptors (Lipinski definition) is 4. The number of nitrogens with zero attached hydrogens (tertiary/aromatic N) is 3. The molecular weight excluding hydrogens is 391 g/mol. The van der Waals surface area contributed by atoms with Gasteiger partial charge in [0.2, 0.25) is 0 Å². The third-order valence-corrected chi connectivity index (χ3v) is 3.73. The Hall–Kier alpha value is -1.28. The number of pyridine rings is 1. The summed E-state index contributed by atoms with van der Waals surface area (Å²) in [5, 5.41) is 2.98. The number of hydrogen-bond donors (Lipinski definition) is 1. The van der Waals surface area contributed by atoms with Crippen molar-refractivity contribution in [3.8, 4) is 0 Å². The normalized spacial score (nSPS) is 10.7. The molecule has 2 heterocycles. The molecule has 5 nitrogen and oxygen atoms in total. The summed E-state index contributed by atoms with van der Waals surface area (Å²) >= 11 is 8.05. The average Bonchev–Trinajstić information content (AvgIpc) is 2.43. The standard InChI is InChI=1S/C13H12ClIN4O/c1-7(2)12-17-5-8(6-18-12)13(20)19-10-9(15)3-4-16-11(10)14/h3-7H,1-2H3,(H,19,20). The SMILES string of the molecule is CC(C)c1ncc(C(=O)Nc2c(I)ccnc2Cl)cn1. The van der Waals surface area contributed by atoms with E-state index in [0.717, 1.165) is 3.57 Å². The summed E-state index contributed by atoms with van der Waals surface area (Å²) in [7, 11) is 0. The van der Waals surface area contributed by atoms with Crippen molar-refractivity contribution >= 4 is 45.8 Å². The molecule has 0 aromatic carbocycles. The van der Waals surface area contributed by atoms with Crippen LogP contribution in [0.2, 0.25) is 5.15 Å². The van der Waals surface area contributed by atoms with E-state index in [1.165, 1.54) is 12.4 Å². The predicted octanol–water partition coefficient (Wildman–Crippen LogP) is 3.51. The van der Waals surface area contributed by atoms with Gasteiger partial charge in [0.1, 0.15) is 5.82 Å². The molecule has 7 heteroatoms. The van der Waals surface area contributed by atoms with E-state index in [-0.39, 0.29) is 17.0 Å². The molecule has 0 spiro atoms. The number of anilines is 1. The summed E-state index contributed by atoms with van der Waals surface area (Å²) in [6, 6.07) is 1.76. The van der Waals surface area contributed by atoms with Gasteiger partial charge < -0.3 is 5.32 Å². The molecule has 2 aromatic rings. The predicted molar refractivity (Wildman–Crippen MR) is 86.0 cm³/mol. The van der Waals surface area contributed by atoms with Crippen LogP contribution >= 0.6 is 34.2 Å². The molecule has 0 radical (unpaired) electrons. The Morgan fingerprint density at radius 1 is 1.30 bits per heavy atom. The van der Waals surface area contributed by atoms with Crippen LogP contribution in [0, 0.1) is 3.57 Å². The van der Waals surface area contributed by atoms with Gasteiger partial charge in [-0.05, 0) is 28.7 Å². The Labute approximate surface area is 135 Å². The summed E-state index contributed by atoms with van der Waals surface area (Å²) in [5.41, 5.74) is 0.873. The van der Waals surface area contributed by atoms with Gasteiger partial charge in [0.25, 0.3) is 5.91 Å². The third kappa shape index (κ3) is 3.43. The number of carbonyl (C=O) groups is 1. The minimum absolute atomic E-state index is 0.223. The first kappa shape index (κ1) is 15.1. The van der Waals surface area contributed by atoms with Crippen LogP contribution < -0.4 is 5.32 Å². The summed E-state index contributed by atoms with van der Waals surface area (Å²) < 4.78 is 0.815.